The van der Waals surface area contributed by atoms with E-state index in [2.05, 4.69) is 15.3 Å². The van der Waals surface area contributed by atoms with E-state index in [0.717, 1.165) is 16.8 Å². The Morgan fingerprint density at radius 3 is 2.62 bits per heavy atom. The van der Waals surface area contributed by atoms with Crippen molar-refractivity contribution in [2.75, 3.05) is 10.2 Å². The summed E-state index contributed by atoms with van der Waals surface area (Å²) in [4.78, 5) is 36.6. The highest BCUT2D eigenvalue weighted by atomic mass is 32.1. The zero-order valence-corrected chi connectivity index (χ0v) is 16.2. The molecular weight excluding hydrogens is 386 g/mol. The molecule has 0 spiro atoms. The number of nitrogens with zero attached hydrogens (tertiary/aromatic N) is 3. The number of thiophene rings is 1. The number of carbonyl (C=O) groups excluding carboxylic acids is 2. The summed E-state index contributed by atoms with van der Waals surface area (Å²) in [6.45, 7) is 1.91. The lowest BCUT2D eigenvalue weighted by molar-refractivity contribution is 0.100. The molecule has 1 aliphatic heterocycles. The van der Waals surface area contributed by atoms with Gasteiger partial charge in [-0.3, -0.25) is 14.7 Å². The van der Waals surface area contributed by atoms with Gasteiger partial charge in [-0.2, -0.15) is 0 Å². The summed E-state index contributed by atoms with van der Waals surface area (Å²) in [7, 11) is 0. The number of nitrogens with two attached hydrogens (primary N) is 1. The maximum Gasteiger partial charge on any atom is 0.331 e. The number of hydrogen-bond donors (Lipinski definition) is 2. The average Bonchev–Trinajstić information content (AvgIpc) is 3.11. The van der Waals surface area contributed by atoms with Gasteiger partial charge in [-0.1, -0.05) is 30.3 Å². The maximum atomic E-state index is 13.1. The first-order valence-corrected chi connectivity index (χ1v) is 9.71. The smallest absolute Gasteiger partial charge is 0.331 e. The van der Waals surface area contributed by atoms with Crippen LogP contribution in [0.5, 0.6) is 0 Å². The molecule has 3 aromatic heterocycles. The monoisotopic (exact) mass is 401 g/mol. The van der Waals surface area contributed by atoms with Crippen LogP contribution in [0.15, 0.2) is 54.9 Å². The number of amides is 3. The quantitative estimate of drug-likeness (QED) is 0.529. The third-order valence-electron chi connectivity index (χ3n) is 4.92. The Labute approximate surface area is 169 Å². The van der Waals surface area contributed by atoms with E-state index in [1.807, 2.05) is 37.3 Å². The van der Waals surface area contributed by atoms with Crippen molar-refractivity contribution in [2.24, 2.45) is 5.73 Å². The standard InChI is InChI=1S/C21H15N5O2S/c1-11-14(8-10-23-16(11)12-5-3-2-4-6-12)26-17-15-13(25-21(26)28)7-9-24-20(15)29-18(17)19(22)27/h2-10H,1H3,(H2,22,27)(H,25,28). The van der Waals surface area contributed by atoms with Crippen molar-refractivity contribution in [3.8, 4) is 11.3 Å². The molecule has 0 saturated carbocycles. The number of anilines is 3. The SMILES string of the molecule is Cc1c(N2C(=O)Nc3ccnc4sc(C(N)=O)c2c34)ccnc1-c1ccccc1. The molecule has 3 N–H and O–H groups in total. The third-order valence-corrected chi connectivity index (χ3v) is 6.02. The minimum absolute atomic E-state index is 0.298. The molecule has 0 atom stereocenters. The number of nitrogens with one attached hydrogen (secondary N) is 1. The summed E-state index contributed by atoms with van der Waals surface area (Å²) in [6, 6.07) is 12.9. The lowest BCUT2D eigenvalue weighted by atomic mass is 10.0. The van der Waals surface area contributed by atoms with Crippen molar-refractivity contribution < 1.29 is 9.59 Å². The molecular formula is C21H15N5O2S. The number of carbonyl (C=O) groups is 2. The van der Waals surface area contributed by atoms with Gasteiger partial charge in [-0.15, -0.1) is 11.3 Å². The number of rotatable bonds is 3. The molecule has 4 aromatic rings. The van der Waals surface area contributed by atoms with Gasteiger partial charge in [0.05, 0.1) is 28.1 Å². The number of benzene rings is 1. The van der Waals surface area contributed by atoms with E-state index in [1.54, 1.807) is 24.5 Å². The molecule has 0 radical (unpaired) electrons. The minimum Gasteiger partial charge on any atom is -0.365 e. The van der Waals surface area contributed by atoms with E-state index in [9.17, 15) is 9.59 Å². The van der Waals surface area contributed by atoms with Gasteiger partial charge in [0.1, 0.15) is 9.71 Å². The average molecular weight is 401 g/mol. The molecule has 0 saturated heterocycles. The summed E-state index contributed by atoms with van der Waals surface area (Å²) in [5, 5.41) is 3.60. The van der Waals surface area contributed by atoms with Gasteiger partial charge in [0, 0.05) is 18.0 Å². The highest BCUT2D eigenvalue weighted by Gasteiger charge is 2.34. The van der Waals surface area contributed by atoms with Crippen molar-refractivity contribution in [3.05, 3.63) is 65.3 Å². The van der Waals surface area contributed by atoms with Crippen molar-refractivity contribution in [1.82, 2.24) is 9.97 Å². The zero-order chi connectivity index (χ0) is 20.1. The summed E-state index contributed by atoms with van der Waals surface area (Å²) < 4.78 is 0. The predicted molar refractivity (Wildman–Crippen MR) is 114 cm³/mol. The number of urea groups is 1. The Bertz CT molecular complexity index is 1300. The molecule has 3 amide bonds. The fourth-order valence-electron chi connectivity index (χ4n) is 3.65. The van der Waals surface area contributed by atoms with Crippen molar-refractivity contribution in [2.45, 2.75) is 6.92 Å². The van der Waals surface area contributed by atoms with Crippen molar-refractivity contribution in [1.29, 1.82) is 0 Å². The van der Waals surface area contributed by atoms with Crippen LogP contribution in [-0.4, -0.2) is 21.9 Å². The van der Waals surface area contributed by atoms with Crippen LogP contribution in [0.3, 0.4) is 0 Å². The zero-order valence-electron chi connectivity index (χ0n) is 15.3. The van der Waals surface area contributed by atoms with Crippen LogP contribution in [0.4, 0.5) is 21.9 Å². The van der Waals surface area contributed by atoms with E-state index >= 15 is 0 Å². The molecule has 5 rings (SSSR count). The van der Waals surface area contributed by atoms with E-state index < -0.39 is 5.91 Å². The van der Waals surface area contributed by atoms with Gasteiger partial charge in [0.2, 0.25) is 0 Å². The number of hydrogen-bond acceptors (Lipinski definition) is 5. The van der Waals surface area contributed by atoms with Crippen molar-refractivity contribution in [3.63, 3.8) is 0 Å². The Balaban J connectivity index is 1.79. The fraction of sp³-hybridized carbons (Fsp3) is 0.0476. The second kappa shape index (κ2) is 6.39. The molecule has 142 valence electrons. The molecule has 8 heteroatoms. The van der Waals surface area contributed by atoms with E-state index in [-0.39, 0.29) is 6.03 Å². The van der Waals surface area contributed by atoms with Gasteiger partial charge in [0.25, 0.3) is 5.91 Å². The molecule has 0 unspecified atom stereocenters. The first-order valence-electron chi connectivity index (χ1n) is 8.89. The Hall–Kier alpha value is -3.78. The van der Waals surface area contributed by atoms with Crippen molar-refractivity contribution >= 4 is 50.6 Å². The Kier molecular flexibility index (Phi) is 3.82. The largest absolute Gasteiger partial charge is 0.365 e. The normalized spacial score (nSPS) is 12.9. The summed E-state index contributed by atoms with van der Waals surface area (Å²) in [5.74, 6) is -0.594. The highest BCUT2D eigenvalue weighted by Crippen LogP contribution is 2.47. The molecule has 0 fully saturated rings. The molecule has 1 aromatic carbocycles. The van der Waals surface area contributed by atoms with E-state index in [4.69, 9.17) is 5.73 Å². The molecule has 4 heterocycles. The van der Waals surface area contributed by atoms with Crippen LogP contribution in [0.2, 0.25) is 0 Å². The van der Waals surface area contributed by atoms with E-state index in [1.165, 1.54) is 16.2 Å². The van der Waals surface area contributed by atoms with Crippen LogP contribution in [0.25, 0.3) is 21.5 Å². The minimum atomic E-state index is -0.594. The summed E-state index contributed by atoms with van der Waals surface area (Å²) in [6.07, 6.45) is 3.26. The molecule has 0 aliphatic carbocycles. The molecule has 0 bridgehead atoms. The van der Waals surface area contributed by atoms with Gasteiger partial charge >= 0.3 is 6.03 Å². The number of primary amides is 1. The third kappa shape index (κ3) is 2.57. The second-order valence-corrected chi connectivity index (χ2v) is 7.62. The lowest BCUT2D eigenvalue weighted by Crippen LogP contribution is -2.35. The van der Waals surface area contributed by atoms with Crippen LogP contribution < -0.4 is 16.0 Å². The van der Waals surface area contributed by atoms with Gasteiger partial charge < -0.3 is 11.1 Å². The summed E-state index contributed by atoms with van der Waals surface area (Å²) in [5.41, 5.74) is 9.89. The van der Waals surface area contributed by atoms with Crippen LogP contribution >= 0.6 is 11.3 Å². The Morgan fingerprint density at radius 1 is 1.10 bits per heavy atom. The number of aromatic nitrogens is 2. The van der Waals surface area contributed by atoms with Gasteiger partial charge in [-0.25, -0.2) is 9.78 Å². The first kappa shape index (κ1) is 17.3. The second-order valence-electron chi connectivity index (χ2n) is 6.62. The van der Waals surface area contributed by atoms with Gasteiger partial charge in [-0.05, 0) is 24.6 Å². The van der Waals surface area contributed by atoms with Crippen LogP contribution in [0, 0.1) is 6.92 Å². The lowest BCUT2D eigenvalue weighted by Gasteiger charge is -2.29. The molecule has 7 nitrogen and oxygen atoms in total. The molecule has 1 aliphatic rings. The predicted octanol–water partition coefficient (Wildman–Crippen LogP) is 4.45. The van der Waals surface area contributed by atoms with Crippen LogP contribution in [-0.2, 0) is 0 Å². The highest BCUT2D eigenvalue weighted by molar-refractivity contribution is 7.21. The first-order chi connectivity index (χ1) is 14.1. The van der Waals surface area contributed by atoms with Gasteiger partial charge in [0.15, 0.2) is 0 Å². The topological polar surface area (TPSA) is 101 Å². The summed E-state index contributed by atoms with van der Waals surface area (Å²) >= 11 is 1.18. The Morgan fingerprint density at radius 2 is 1.86 bits per heavy atom. The van der Waals surface area contributed by atoms with E-state index in [0.29, 0.717) is 32.2 Å². The maximum absolute atomic E-state index is 13.1. The molecule has 29 heavy (non-hydrogen) atoms. The fourth-order valence-corrected chi connectivity index (χ4v) is 4.66. The number of pyridine rings is 2. The van der Waals surface area contributed by atoms with Crippen LogP contribution in [0.1, 0.15) is 15.2 Å².